The molecule has 0 aliphatic carbocycles. The van der Waals surface area contributed by atoms with Gasteiger partial charge in [0.1, 0.15) is 5.75 Å². The van der Waals surface area contributed by atoms with Gasteiger partial charge in [0, 0.05) is 17.1 Å². The van der Waals surface area contributed by atoms with Gasteiger partial charge in [0.25, 0.3) is 0 Å². The standard InChI is InChI=1S/C22H24N2O4S/c1-6-28-22(26)20-13(3)21(23-14(20)4)18(25)11-29-19-9-12(2)16-8-7-15(27-5)10-17(16)24-19/h7-10,23H,6,11H2,1-5H3/p+1. The second kappa shape index (κ2) is 8.69. The van der Waals surface area contributed by atoms with Crippen LogP contribution in [0, 0.1) is 20.8 Å². The molecule has 7 heteroatoms. The van der Waals surface area contributed by atoms with Gasteiger partial charge in [0.2, 0.25) is 10.5 Å². The van der Waals surface area contributed by atoms with Gasteiger partial charge in [-0.25, -0.2) is 4.79 Å². The Morgan fingerprint density at radius 2 is 1.93 bits per heavy atom. The molecule has 1 aromatic carbocycles. The summed E-state index contributed by atoms with van der Waals surface area (Å²) >= 11 is 1.43. The summed E-state index contributed by atoms with van der Waals surface area (Å²) in [5.41, 5.74) is 4.26. The van der Waals surface area contributed by atoms with Crippen molar-refractivity contribution in [3.63, 3.8) is 0 Å². The van der Waals surface area contributed by atoms with Gasteiger partial charge in [0.05, 0.1) is 36.8 Å². The third-order valence-corrected chi connectivity index (χ3v) is 5.75. The van der Waals surface area contributed by atoms with Crippen LogP contribution in [0.25, 0.3) is 10.9 Å². The zero-order valence-electron chi connectivity index (χ0n) is 17.3. The molecular formula is C22H25N2O4S+. The van der Waals surface area contributed by atoms with Crippen molar-refractivity contribution in [2.75, 3.05) is 19.5 Å². The fraction of sp³-hybridized carbons (Fsp3) is 0.318. The molecule has 0 aliphatic heterocycles. The van der Waals surface area contributed by atoms with E-state index in [1.54, 1.807) is 27.9 Å². The monoisotopic (exact) mass is 413 g/mol. The molecule has 0 fully saturated rings. The molecule has 0 saturated heterocycles. The summed E-state index contributed by atoms with van der Waals surface area (Å²) in [7, 11) is 1.64. The highest BCUT2D eigenvalue weighted by atomic mass is 32.2. The van der Waals surface area contributed by atoms with E-state index in [1.165, 1.54) is 11.8 Å². The Morgan fingerprint density at radius 3 is 2.62 bits per heavy atom. The first-order valence-corrected chi connectivity index (χ1v) is 10.4. The molecule has 0 amide bonds. The number of rotatable bonds is 7. The van der Waals surface area contributed by atoms with Crippen LogP contribution >= 0.6 is 11.8 Å². The smallest absolute Gasteiger partial charge is 0.340 e. The number of pyridine rings is 1. The highest BCUT2D eigenvalue weighted by molar-refractivity contribution is 7.99. The number of nitrogens with one attached hydrogen (secondary N) is 2. The predicted molar refractivity (Wildman–Crippen MR) is 113 cm³/mol. The highest BCUT2D eigenvalue weighted by Gasteiger charge is 2.23. The van der Waals surface area contributed by atoms with E-state index in [2.05, 4.69) is 9.97 Å². The molecule has 152 valence electrons. The molecule has 29 heavy (non-hydrogen) atoms. The van der Waals surface area contributed by atoms with Gasteiger partial charge < -0.3 is 14.5 Å². The van der Waals surface area contributed by atoms with Crippen molar-refractivity contribution in [3.05, 3.63) is 52.3 Å². The molecular weight excluding hydrogens is 388 g/mol. The van der Waals surface area contributed by atoms with E-state index < -0.39 is 5.97 Å². The number of aryl methyl sites for hydroxylation is 2. The summed E-state index contributed by atoms with van der Waals surface area (Å²) in [4.78, 5) is 31.4. The molecule has 2 aromatic heterocycles. The van der Waals surface area contributed by atoms with Gasteiger partial charge in [-0.1, -0.05) is 0 Å². The lowest BCUT2D eigenvalue weighted by Gasteiger charge is -2.04. The fourth-order valence-corrected chi connectivity index (χ4v) is 4.25. The molecule has 0 spiro atoms. The number of hydrogen-bond donors (Lipinski definition) is 1. The van der Waals surface area contributed by atoms with E-state index in [4.69, 9.17) is 9.47 Å². The average molecular weight is 414 g/mol. The van der Waals surface area contributed by atoms with Crippen molar-refractivity contribution in [3.8, 4) is 5.75 Å². The number of Topliss-reactive ketones (excluding diaryl/α,β-unsaturated/α-hetero) is 1. The molecule has 0 atom stereocenters. The van der Waals surface area contributed by atoms with Crippen molar-refractivity contribution in [1.82, 2.24) is 4.98 Å². The third-order valence-electron chi connectivity index (χ3n) is 4.81. The Kier molecular flexibility index (Phi) is 6.27. The average Bonchev–Trinajstić information content (AvgIpc) is 3.00. The first kappa shape index (κ1) is 20.9. The van der Waals surface area contributed by atoms with Gasteiger partial charge in [-0.2, -0.15) is 4.98 Å². The number of H-pyrrole nitrogens is 2. The van der Waals surface area contributed by atoms with Crippen molar-refractivity contribution in [1.29, 1.82) is 0 Å². The van der Waals surface area contributed by atoms with Gasteiger partial charge in [-0.05, 0) is 62.7 Å². The van der Waals surface area contributed by atoms with E-state index in [-0.39, 0.29) is 11.5 Å². The van der Waals surface area contributed by atoms with Crippen molar-refractivity contribution in [2.24, 2.45) is 0 Å². The predicted octanol–water partition coefficient (Wildman–Crippen LogP) is 4.07. The maximum Gasteiger partial charge on any atom is 0.340 e. The van der Waals surface area contributed by atoms with E-state index in [0.29, 0.717) is 29.1 Å². The number of hydrogen-bond acceptors (Lipinski definition) is 5. The van der Waals surface area contributed by atoms with Crippen LogP contribution in [0.2, 0.25) is 0 Å². The van der Waals surface area contributed by atoms with Crippen LogP contribution in [0.1, 0.15) is 44.6 Å². The molecule has 6 nitrogen and oxygen atoms in total. The summed E-state index contributed by atoms with van der Waals surface area (Å²) in [6.45, 7) is 7.64. The quantitative estimate of drug-likeness (QED) is 0.359. The maximum atomic E-state index is 12.8. The van der Waals surface area contributed by atoms with E-state index in [1.807, 2.05) is 31.2 Å². The molecule has 2 heterocycles. The molecule has 0 radical (unpaired) electrons. The fourth-order valence-electron chi connectivity index (χ4n) is 3.37. The van der Waals surface area contributed by atoms with Gasteiger partial charge in [0.15, 0.2) is 5.78 Å². The second-order valence-electron chi connectivity index (χ2n) is 6.79. The van der Waals surface area contributed by atoms with Crippen LogP contribution in [-0.4, -0.2) is 36.2 Å². The summed E-state index contributed by atoms with van der Waals surface area (Å²) < 4.78 is 10.4. The number of methoxy groups -OCH3 is 1. The maximum absolute atomic E-state index is 12.8. The minimum Gasteiger partial charge on any atom is -0.497 e. The first-order valence-electron chi connectivity index (χ1n) is 9.38. The van der Waals surface area contributed by atoms with Gasteiger partial charge >= 0.3 is 5.97 Å². The minimum absolute atomic E-state index is 0.0667. The Morgan fingerprint density at radius 1 is 1.17 bits per heavy atom. The van der Waals surface area contributed by atoms with Crippen LogP contribution in [0.15, 0.2) is 29.3 Å². The van der Waals surface area contributed by atoms with E-state index in [9.17, 15) is 9.59 Å². The Bertz CT molecular complexity index is 1090. The van der Waals surface area contributed by atoms with Crippen LogP contribution in [0.5, 0.6) is 5.75 Å². The number of carbonyl (C=O) groups is 2. The van der Waals surface area contributed by atoms with Crippen LogP contribution in [-0.2, 0) is 4.74 Å². The van der Waals surface area contributed by atoms with Crippen LogP contribution in [0.3, 0.4) is 0 Å². The number of thioether (sulfide) groups is 1. The third kappa shape index (κ3) is 4.29. The van der Waals surface area contributed by atoms with Gasteiger partial charge in [-0.3, -0.25) is 4.79 Å². The summed E-state index contributed by atoms with van der Waals surface area (Å²) in [6.07, 6.45) is 0. The Hall–Kier alpha value is -2.80. The van der Waals surface area contributed by atoms with Crippen molar-refractivity contribution >= 4 is 34.4 Å². The number of aromatic amines is 2. The Balaban J connectivity index is 1.80. The number of ketones is 1. The van der Waals surface area contributed by atoms with E-state index in [0.717, 1.165) is 27.2 Å². The molecule has 0 saturated carbocycles. The van der Waals surface area contributed by atoms with Crippen LogP contribution < -0.4 is 9.72 Å². The SMILES string of the molecule is CCOC(=O)c1c(C)[nH]c(C(=O)CSc2cc(C)c3ccc(OC)cc3[nH+]2)c1C. The first-order chi connectivity index (χ1) is 13.8. The topological polar surface area (TPSA) is 82.5 Å². The number of benzene rings is 1. The molecule has 0 bridgehead atoms. The minimum atomic E-state index is -0.405. The Labute approximate surface area is 174 Å². The number of aromatic nitrogens is 2. The largest absolute Gasteiger partial charge is 0.497 e. The molecule has 0 aliphatic rings. The van der Waals surface area contributed by atoms with Crippen LogP contribution in [0.4, 0.5) is 0 Å². The molecule has 3 aromatic rings. The number of carbonyl (C=O) groups excluding carboxylic acids is 2. The number of ether oxygens (including phenoxy) is 2. The summed E-state index contributed by atoms with van der Waals surface area (Å²) in [5.74, 6) is 0.547. The lowest BCUT2D eigenvalue weighted by molar-refractivity contribution is -0.395. The van der Waals surface area contributed by atoms with Gasteiger partial charge in [-0.15, -0.1) is 0 Å². The number of fused-ring (bicyclic) bond motifs is 1. The zero-order chi connectivity index (χ0) is 21.1. The highest BCUT2D eigenvalue weighted by Crippen LogP contribution is 2.25. The van der Waals surface area contributed by atoms with Crippen molar-refractivity contribution in [2.45, 2.75) is 32.7 Å². The molecule has 2 N–H and O–H groups in total. The summed E-state index contributed by atoms with van der Waals surface area (Å²) in [6, 6.07) is 7.92. The van der Waals surface area contributed by atoms with E-state index >= 15 is 0 Å². The summed E-state index contributed by atoms with van der Waals surface area (Å²) in [5, 5.41) is 2.00. The van der Waals surface area contributed by atoms with Crippen molar-refractivity contribution < 1.29 is 24.0 Å². The normalized spacial score (nSPS) is 10.9. The molecule has 3 rings (SSSR count). The molecule has 0 unspecified atom stereocenters. The lowest BCUT2D eigenvalue weighted by Crippen LogP contribution is -2.12. The zero-order valence-corrected chi connectivity index (χ0v) is 18.1. The lowest BCUT2D eigenvalue weighted by atomic mass is 10.1. The number of esters is 1. The second-order valence-corrected chi connectivity index (χ2v) is 7.80.